The molecule has 1 aliphatic rings. The van der Waals surface area contributed by atoms with E-state index in [9.17, 15) is 0 Å². The van der Waals surface area contributed by atoms with Gasteiger partial charge in [-0.1, -0.05) is 18.2 Å². The zero-order valence-corrected chi connectivity index (χ0v) is 18.2. The van der Waals surface area contributed by atoms with Gasteiger partial charge in [0.05, 0.1) is 12.8 Å². The highest BCUT2D eigenvalue weighted by molar-refractivity contribution is 14.0. The standard InChI is InChI=1S/C19H26N4OS.HI/c1-24-18-9-3-2-8-17(18)22-19(20)21-12-15-6-4-10-23(13-15)14-16-7-5-11-25-16;/h2-3,5,7-9,11,15H,4,6,10,12-14H2,1H3,(H3,20,21,22);1H. The number of nitrogens with zero attached hydrogens (tertiary/aromatic N) is 2. The Kier molecular flexibility index (Phi) is 8.67. The van der Waals surface area contributed by atoms with E-state index in [0.717, 1.165) is 31.1 Å². The van der Waals surface area contributed by atoms with E-state index in [1.165, 1.54) is 24.3 Å². The van der Waals surface area contributed by atoms with Crippen molar-refractivity contribution in [1.82, 2.24) is 4.90 Å². The number of hydrogen-bond donors (Lipinski definition) is 2. The van der Waals surface area contributed by atoms with Gasteiger partial charge in [-0.25, -0.2) is 0 Å². The maximum absolute atomic E-state index is 6.06. The minimum atomic E-state index is 0. The molecule has 7 heteroatoms. The smallest absolute Gasteiger partial charge is 0.193 e. The van der Waals surface area contributed by atoms with Gasteiger partial charge in [-0.15, -0.1) is 35.3 Å². The van der Waals surface area contributed by atoms with Crippen molar-refractivity contribution in [2.45, 2.75) is 19.4 Å². The van der Waals surface area contributed by atoms with Gasteiger partial charge in [0.2, 0.25) is 0 Å². The molecule has 1 aromatic carbocycles. The van der Waals surface area contributed by atoms with Gasteiger partial charge in [0.15, 0.2) is 5.96 Å². The van der Waals surface area contributed by atoms with Crippen LogP contribution < -0.4 is 15.8 Å². The van der Waals surface area contributed by atoms with E-state index >= 15 is 0 Å². The Morgan fingerprint density at radius 1 is 1.35 bits per heavy atom. The first kappa shape index (κ1) is 21.0. The summed E-state index contributed by atoms with van der Waals surface area (Å²) >= 11 is 1.83. The minimum absolute atomic E-state index is 0. The number of methoxy groups -OCH3 is 1. The highest BCUT2D eigenvalue weighted by Crippen LogP contribution is 2.23. The molecule has 2 aromatic rings. The van der Waals surface area contributed by atoms with Gasteiger partial charge in [-0.2, -0.15) is 0 Å². The Hall–Kier alpha value is -1.32. The van der Waals surface area contributed by atoms with Crippen LogP contribution in [0.1, 0.15) is 17.7 Å². The van der Waals surface area contributed by atoms with Crippen LogP contribution >= 0.6 is 35.3 Å². The molecule has 3 rings (SSSR count). The van der Waals surface area contributed by atoms with Crippen molar-refractivity contribution >= 4 is 47.0 Å². The van der Waals surface area contributed by atoms with E-state index in [1.54, 1.807) is 7.11 Å². The number of hydrogen-bond acceptors (Lipinski definition) is 4. The summed E-state index contributed by atoms with van der Waals surface area (Å²) in [6.07, 6.45) is 2.44. The van der Waals surface area contributed by atoms with Crippen molar-refractivity contribution in [1.29, 1.82) is 0 Å². The molecule has 0 aliphatic carbocycles. The second-order valence-corrected chi connectivity index (χ2v) is 7.41. The van der Waals surface area contributed by atoms with E-state index in [-0.39, 0.29) is 24.0 Å². The normalized spacial score (nSPS) is 18.2. The molecule has 1 fully saturated rings. The number of nitrogens with two attached hydrogens (primary N) is 1. The highest BCUT2D eigenvalue weighted by atomic mass is 127. The summed E-state index contributed by atoms with van der Waals surface area (Å²) in [5.41, 5.74) is 6.90. The molecule has 0 radical (unpaired) electrons. The van der Waals surface area contributed by atoms with Crippen LogP contribution in [0.2, 0.25) is 0 Å². The molecule has 3 N–H and O–H groups in total. The van der Waals surface area contributed by atoms with Crippen LogP contribution in [0.25, 0.3) is 0 Å². The molecule has 1 unspecified atom stereocenters. The fourth-order valence-electron chi connectivity index (χ4n) is 3.22. The first-order chi connectivity index (χ1) is 12.2. The van der Waals surface area contributed by atoms with Crippen LogP contribution in [-0.4, -0.2) is 37.6 Å². The number of rotatable bonds is 6. The average molecular weight is 486 g/mol. The van der Waals surface area contributed by atoms with Crippen molar-refractivity contribution in [3.05, 3.63) is 46.7 Å². The number of thiophene rings is 1. The quantitative estimate of drug-likeness (QED) is 0.368. The van der Waals surface area contributed by atoms with Crippen LogP contribution in [0.15, 0.2) is 46.8 Å². The van der Waals surface area contributed by atoms with Gasteiger partial charge in [0.25, 0.3) is 0 Å². The number of benzene rings is 1. The number of ether oxygens (including phenoxy) is 1. The number of piperidine rings is 1. The van der Waals surface area contributed by atoms with Crippen molar-refractivity contribution in [2.75, 3.05) is 32.1 Å². The maximum atomic E-state index is 6.06. The number of aliphatic imine (C=N–C) groups is 1. The van der Waals surface area contributed by atoms with E-state index in [2.05, 4.69) is 32.7 Å². The topological polar surface area (TPSA) is 62.9 Å². The molecule has 0 spiro atoms. The first-order valence-corrected chi connectivity index (χ1v) is 9.57. The molecule has 0 amide bonds. The Morgan fingerprint density at radius 3 is 2.96 bits per heavy atom. The first-order valence-electron chi connectivity index (χ1n) is 8.69. The van der Waals surface area contributed by atoms with Gasteiger partial charge < -0.3 is 15.8 Å². The van der Waals surface area contributed by atoms with Crippen molar-refractivity contribution < 1.29 is 4.74 Å². The van der Waals surface area contributed by atoms with Crippen LogP contribution in [0.4, 0.5) is 5.69 Å². The predicted molar refractivity (Wildman–Crippen MR) is 121 cm³/mol. The molecule has 1 aliphatic heterocycles. The molecule has 26 heavy (non-hydrogen) atoms. The number of likely N-dealkylation sites (tertiary alicyclic amines) is 1. The molecule has 0 saturated carbocycles. The molecule has 2 heterocycles. The number of para-hydroxylation sites is 2. The fraction of sp³-hybridized carbons (Fsp3) is 0.421. The van der Waals surface area contributed by atoms with Crippen LogP contribution in [-0.2, 0) is 6.54 Å². The molecule has 5 nitrogen and oxygen atoms in total. The minimum Gasteiger partial charge on any atom is -0.495 e. The Balaban J connectivity index is 0.00000243. The lowest BCUT2D eigenvalue weighted by Crippen LogP contribution is -2.36. The monoisotopic (exact) mass is 486 g/mol. The third kappa shape index (κ3) is 6.14. The third-order valence-electron chi connectivity index (χ3n) is 4.45. The lowest BCUT2D eigenvalue weighted by molar-refractivity contribution is 0.172. The summed E-state index contributed by atoms with van der Waals surface area (Å²) in [5.74, 6) is 1.77. The zero-order chi connectivity index (χ0) is 17.5. The van der Waals surface area contributed by atoms with Crippen molar-refractivity contribution in [3.63, 3.8) is 0 Å². The summed E-state index contributed by atoms with van der Waals surface area (Å²) in [6, 6.07) is 12.0. The van der Waals surface area contributed by atoms with E-state index in [1.807, 2.05) is 35.6 Å². The number of halogens is 1. The highest BCUT2D eigenvalue weighted by Gasteiger charge is 2.20. The second-order valence-electron chi connectivity index (χ2n) is 6.37. The van der Waals surface area contributed by atoms with Crippen LogP contribution in [0.5, 0.6) is 5.75 Å². The zero-order valence-electron chi connectivity index (χ0n) is 15.1. The van der Waals surface area contributed by atoms with Crippen molar-refractivity contribution in [3.8, 4) is 5.75 Å². The van der Waals surface area contributed by atoms with E-state index in [0.29, 0.717) is 11.9 Å². The lowest BCUT2D eigenvalue weighted by atomic mass is 9.98. The van der Waals surface area contributed by atoms with Gasteiger partial charge in [0, 0.05) is 24.5 Å². The number of nitrogens with one attached hydrogen (secondary N) is 1. The third-order valence-corrected chi connectivity index (χ3v) is 5.31. The van der Waals surface area contributed by atoms with Gasteiger partial charge in [-0.05, 0) is 48.9 Å². The molecule has 1 atom stereocenters. The van der Waals surface area contributed by atoms with Crippen LogP contribution in [0, 0.1) is 5.92 Å². The fourth-order valence-corrected chi connectivity index (χ4v) is 3.97. The van der Waals surface area contributed by atoms with Crippen molar-refractivity contribution in [2.24, 2.45) is 16.6 Å². The molecule has 1 aromatic heterocycles. The summed E-state index contributed by atoms with van der Waals surface area (Å²) in [4.78, 5) is 8.51. The lowest BCUT2D eigenvalue weighted by Gasteiger charge is -2.31. The van der Waals surface area contributed by atoms with E-state index in [4.69, 9.17) is 10.5 Å². The SMILES string of the molecule is COc1ccccc1NC(N)=NCC1CCCN(Cc2cccs2)C1.I. The van der Waals surface area contributed by atoms with Gasteiger partial charge in [-0.3, -0.25) is 9.89 Å². The number of guanidine groups is 1. The summed E-state index contributed by atoms with van der Waals surface area (Å²) in [5, 5.41) is 5.28. The average Bonchev–Trinajstić information content (AvgIpc) is 3.14. The summed E-state index contributed by atoms with van der Waals surface area (Å²) < 4.78 is 5.33. The van der Waals surface area contributed by atoms with Gasteiger partial charge in [0.1, 0.15) is 5.75 Å². The molecule has 142 valence electrons. The Labute approximate surface area is 176 Å². The predicted octanol–water partition coefficient (Wildman–Crippen LogP) is 4.01. The molecule has 1 saturated heterocycles. The maximum Gasteiger partial charge on any atom is 0.193 e. The number of anilines is 1. The summed E-state index contributed by atoms with van der Waals surface area (Å²) in [6.45, 7) is 4.07. The molecule has 0 bridgehead atoms. The Bertz CT molecular complexity index is 693. The second kappa shape index (κ2) is 10.7. The van der Waals surface area contributed by atoms with Gasteiger partial charge >= 0.3 is 0 Å². The summed E-state index contributed by atoms with van der Waals surface area (Å²) in [7, 11) is 1.65. The van der Waals surface area contributed by atoms with Crippen LogP contribution in [0.3, 0.4) is 0 Å². The Morgan fingerprint density at radius 2 is 2.19 bits per heavy atom. The molecular formula is C19H27IN4OS. The molecular weight excluding hydrogens is 459 g/mol. The largest absolute Gasteiger partial charge is 0.495 e. The van der Waals surface area contributed by atoms with E-state index < -0.39 is 0 Å².